The number of carbonyl (C=O) groups is 1. The highest BCUT2D eigenvalue weighted by atomic mass is 16.5. The van der Waals surface area contributed by atoms with Crippen molar-refractivity contribution in [2.45, 2.75) is 34.6 Å². The van der Waals surface area contributed by atoms with Gasteiger partial charge in [-0.25, -0.2) is 4.79 Å². The summed E-state index contributed by atoms with van der Waals surface area (Å²) < 4.78 is 7.04. The Morgan fingerprint density at radius 3 is 2.36 bits per heavy atom. The summed E-state index contributed by atoms with van der Waals surface area (Å²) in [6.45, 7) is 10.5. The lowest BCUT2D eigenvalue weighted by atomic mass is 10.1. The number of carbonyl (C=O) groups excluding carboxylic acids is 1. The summed E-state index contributed by atoms with van der Waals surface area (Å²) in [6.07, 6.45) is 5.10. The van der Waals surface area contributed by atoms with Crippen LogP contribution < -0.4 is 0 Å². The third kappa shape index (κ3) is 3.67. The molecule has 0 aliphatic rings. The van der Waals surface area contributed by atoms with Crippen molar-refractivity contribution in [1.82, 2.24) is 4.57 Å². The molecule has 0 aliphatic heterocycles. The topological polar surface area (TPSA) is 31.2 Å². The van der Waals surface area contributed by atoms with Crippen molar-refractivity contribution in [1.29, 1.82) is 0 Å². The van der Waals surface area contributed by atoms with E-state index in [0.29, 0.717) is 12.2 Å². The van der Waals surface area contributed by atoms with Crippen molar-refractivity contribution in [2.75, 3.05) is 6.61 Å². The first kappa shape index (κ1) is 17.8. The Labute approximate surface area is 133 Å². The minimum Gasteiger partial charge on any atom is -0.462 e. The molecule has 2 rings (SSSR count). The van der Waals surface area contributed by atoms with Crippen LogP contribution in [0, 0.1) is 6.92 Å². The van der Waals surface area contributed by atoms with Crippen molar-refractivity contribution in [3.63, 3.8) is 0 Å². The molecule has 2 aromatic rings. The molecule has 3 nitrogen and oxygen atoms in total. The molecule has 22 heavy (non-hydrogen) atoms. The smallest absolute Gasteiger partial charge is 0.338 e. The molecule has 0 fully saturated rings. The molecule has 0 spiro atoms. The summed E-state index contributed by atoms with van der Waals surface area (Å²) in [5.41, 5.74) is 5.11. The second-order valence-electron chi connectivity index (χ2n) is 4.99. The maximum absolute atomic E-state index is 11.6. The number of hydrogen-bond acceptors (Lipinski definition) is 2. The van der Waals surface area contributed by atoms with E-state index < -0.39 is 0 Å². The van der Waals surface area contributed by atoms with Crippen molar-refractivity contribution in [2.24, 2.45) is 0 Å². The Bertz CT molecular complexity index is 651. The highest BCUT2D eigenvalue weighted by Gasteiger charge is 2.09. The molecule has 0 N–H and O–H groups in total. The number of nitrogens with zero attached hydrogens (tertiary/aromatic N) is 1. The first-order chi connectivity index (χ1) is 10.1. The van der Waals surface area contributed by atoms with Crippen LogP contribution >= 0.6 is 0 Å². The lowest BCUT2D eigenvalue weighted by Gasteiger charge is -2.05. The van der Waals surface area contributed by atoms with Gasteiger partial charge in [-0.05, 0) is 61.2 Å². The summed E-state index contributed by atoms with van der Waals surface area (Å²) in [7, 11) is 0. The van der Waals surface area contributed by atoms with Crippen molar-refractivity contribution in [3.8, 4) is 5.69 Å². The van der Waals surface area contributed by atoms with E-state index in [2.05, 4.69) is 37.4 Å². The van der Waals surface area contributed by atoms with Gasteiger partial charge in [0.25, 0.3) is 0 Å². The van der Waals surface area contributed by atoms with Crippen molar-refractivity contribution < 1.29 is 9.53 Å². The number of aromatic nitrogens is 1. The van der Waals surface area contributed by atoms with Crippen LogP contribution in [0.25, 0.3) is 11.3 Å². The van der Waals surface area contributed by atoms with E-state index in [0.717, 1.165) is 17.7 Å². The monoisotopic (exact) mass is 299 g/mol. The van der Waals surface area contributed by atoms with Crippen LogP contribution in [-0.2, 0) is 4.74 Å². The van der Waals surface area contributed by atoms with E-state index in [-0.39, 0.29) is 13.4 Å². The first-order valence-corrected chi connectivity index (χ1v) is 7.21. The Balaban J connectivity index is 0.00000242. The number of allylic oxidation sites excluding steroid dienone is 1. The van der Waals surface area contributed by atoms with Gasteiger partial charge in [0.05, 0.1) is 12.2 Å². The third-order valence-corrected chi connectivity index (χ3v) is 3.51. The molecule has 0 saturated carbocycles. The fourth-order valence-corrected chi connectivity index (χ4v) is 2.25. The molecule has 1 heterocycles. The van der Waals surface area contributed by atoms with Crippen LogP contribution in [0.5, 0.6) is 0 Å². The predicted molar refractivity (Wildman–Crippen MR) is 92.5 cm³/mol. The van der Waals surface area contributed by atoms with Gasteiger partial charge in [-0.3, -0.25) is 0 Å². The number of ether oxygens (including phenoxy) is 1. The maximum atomic E-state index is 11.6. The van der Waals surface area contributed by atoms with Gasteiger partial charge >= 0.3 is 5.97 Å². The van der Waals surface area contributed by atoms with Gasteiger partial charge in [0.1, 0.15) is 0 Å². The highest BCUT2D eigenvalue weighted by molar-refractivity contribution is 5.89. The summed E-state index contributed by atoms with van der Waals surface area (Å²) in [5.74, 6) is -0.284. The van der Waals surface area contributed by atoms with E-state index in [9.17, 15) is 4.79 Å². The van der Waals surface area contributed by atoms with E-state index in [1.807, 2.05) is 12.1 Å². The zero-order valence-electron chi connectivity index (χ0n) is 12.8. The van der Waals surface area contributed by atoms with Gasteiger partial charge in [0, 0.05) is 18.1 Å². The number of benzene rings is 1. The normalized spacial score (nSPS) is 9.95. The summed E-state index contributed by atoms with van der Waals surface area (Å²) in [4.78, 5) is 11.6. The average molecular weight is 299 g/mol. The van der Waals surface area contributed by atoms with Crippen LogP contribution in [0.2, 0.25) is 0 Å². The number of hydrogen-bond donors (Lipinski definition) is 0. The third-order valence-electron chi connectivity index (χ3n) is 3.51. The lowest BCUT2D eigenvalue weighted by molar-refractivity contribution is 0.0526. The quantitative estimate of drug-likeness (QED) is 0.726. The second kappa shape index (κ2) is 7.64. The molecule has 1 aromatic carbocycles. The van der Waals surface area contributed by atoms with E-state index >= 15 is 0 Å². The van der Waals surface area contributed by atoms with E-state index in [1.165, 1.54) is 11.1 Å². The minimum atomic E-state index is -0.284. The van der Waals surface area contributed by atoms with Gasteiger partial charge in [-0.15, -0.1) is 0 Å². The van der Waals surface area contributed by atoms with Gasteiger partial charge in [-0.2, -0.15) is 0 Å². The van der Waals surface area contributed by atoms with Gasteiger partial charge in [0.2, 0.25) is 0 Å². The Morgan fingerprint density at radius 1 is 1.18 bits per heavy atom. The van der Waals surface area contributed by atoms with Gasteiger partial charge < -0.3 is 9.30 Å². The average Bonchev–Trinajstić information content (AvgIpc) is 2.89. The molecular weight excluding hydrogens is 274 g/mol. The van der Waals surface area contributed by atoms with Crippen molar-refractivity contribution in [3.05, 3.63) is 59.9 Å². The fourth-order valence-electron chi connectivity index (χ4n) is 2.25. The molecule has 0 aliphatic carbocycles. The zero-order valence-corrected chi connectivity index (χ0v) is 12.8. The molecule has 1 aromatic heterocycles. The molecule has 0 radical (unpaired) electrons. The summed E-state index contributed by atoms with van der Waals surface area (Å²) >= 11 is 0. The SMILES string of the molecule is C.C=C(CC)c1cn(-c2ccc(C(=O)OCC)cc2)cc1C. The van der Waals surface area contributed by atoms with Crippen LogP contribution in [0.4, 0.5) is 0 Å². The molecule has 0 amide bonds. The van der Waals surface area contributed by atoms with E-state index in [4.69, 9.17) is 4.74 Å². The van der Waals surface area contributed by atoms with Crippen molar-refractivity contribution >= 4 is 11.5 Å². The van der Waals surface area contributed by atoms with E-state index in [1.54, 1.807) is 19.1 Å². The molecule has 0 saturated heterocycles. The van der Waals surface area contributed by atoms with Crippen LogP contribution in [-0.4, -0.2) is 17.1 Å². The minimum absolute atomic E-state index is 0. The maximum Gasteiger partial charge on any atom is 0.338 e. The Hall–Kier alpha value is -2.29. The fraction of sp³-hybridized carbons (Fsp3) is 0.316. The largest absolute Gasteiger partial charge is 0.462 e. The molecular formula is C19H25NO2. The Kier molecular flexibility index (Phi) is 6.17. The molecule has 0 bridgehead atoms. The van der Waals surface area contributed by atoms with Gasteiger partial charge in [0.15, 0.2) is 0 Å². The Morgan fingerprint density at radius 2 is 1.82 bits per heavy atom. The summed E-state index contributed by atoms with van der Waals surface area (Å²) in [5, 5.41) is 0. The zero-order chi connectivity index (χ0) is 15.4. The summed E-state index contributed by atoms with van der Waals surface area (Å²) in [6, 6.07) is 7.42. The molecule has 3 heteroatoms. The van der Waals surface area contributed by atoms with Gasteiger partial charge in [-0.1, -0.05) is 20.9 Å². The molecule has 0 unspecified atom stereocenters. The standard InChI is InChI=1S/C18H21NO2.CH4/c1-5-13(3)17-12-19(11-14(17)4)16-9-7-15(8-10-16)18(20)21-6-2;/h7-12H,3,5-6H2,1-2,4H3;1H4. The van der Waals surface area contributed by atoms with Crippen LogP contribution in [0.1, 0.15) is 49.2 Å². The molecule has 0 atom stereocenters. The number of esters is 1. The lowest BCUT2D eigenvalue weighted by Crippen LogP contribution is -2.04. The number of aryl methyl sites for hydroxylation is 1. The highest BCUT2D eigenvalue weighted by Crippen LogP contribution is 2.23. The number of rotatable bonds is 5. The first-order valence-electron chi connectivity index (χ1n) is 7.21. The predicted octanol–water partition coefficient (Wildman–Crippen LogP) is 5.02. The van der Waals surface area contributed by atoms with Crippen LogP contribution in [0.3, 0.4) is 0 Å². The molecule has 118 valence electrons. The van der Waals surface area contributed by atoms with Crippen LogP contribution in [0.15, 0.2) is 43.2 Å². The second-order valence-corrected chi connectivity index (χ2v) is 4.99.